The van der Waals surface area contributed by atoms with Gasteiger partial charge in [-0.05, 0) is 50.7 Å². The molecule has 27 heavy (non-hydrogen) atoms. The van der Waals surface area contributed by atoms with Crippen molar-refractivity contribution >= 4 is 12.0 Å². The lowest BCUT2D eigenvalue weighted by molar-refractivity contribution is 0.0519. The third-order valence-electron chi connectivity index (χ3n) is 5.34. The van der Waals surface area contributed by atoms with Crippen molar-refractivity contribution in [3.63, 3.8) is 0 Å². The van der Waals surface area contributed by atoms with Crippen LogP contribution in [0.1, 0.15) is 80.2 Å². The molecule has 0 aliphatic heterocycles. The Morgan fingerprint density at radius 2 is 1.89 bits per heavy atom. The highest BCUT2D eigenvalue weighted by Crippen LogP contribution is 2.27. The number of carbonyl (C=O) groups excluding carboxylic acids is 2. The van der Waals surface area contributed by atoms with E-state index in [1.807, 2.05) is 18.7 Å². The fourth-order valence-electron chi connectivity index (χ4n) is 3.76. The van der Waals surface area contributed by atoms with Crippen molar-refractivity contribution < 1.29 is 14.3 Å². The van der Waals surface area contributed by atoms with Crippen LogP contribution in [0, 0.1) is 19.8 Å². The topological polar surface area (TPSA) is 74.4 Å². The highest BCUT2D eigenvalue weighted by Gasteiger charge is 2.28. The predicted molar refractivity (Wildman–Crippen MR) is 107 cm³/mol. The van der Waals surface area contributed by atoms with Gasteiger partial charge in [0.05, 0.1) is 6.61 Å². The zero-order valence-electron chi connectivity index (χ0n) is 17.5. The van der Waals surface area contributed by atoms with Crippen LogP contribution in [-0.2, 0) is 11.3 Å². The lowest BCUT2D eigenvalue weighted by atomic mass is 9.93. The van der Waals surface area contributed by atoms with Crippen LogP contribution in [0.3, 0.4) is 0 Å². The van der Waals surface area contributed by atoms with E-state index >= 15 is 0 Å². The molecule has 1 saturated carbocycles. The number of carbonyl (C=O) groups is 2. The molecule has 1 aliphatic carbocycles. The molecule has 2 N–H and O–H groups in total. The Hall–Kier alpha value is -1.98. The van der Waals surface area contributed by atoms with E-state index in [1.54, 1.807) is 6.92 Å². The molecular weight excluding hydrogens is 342 g/mol. The lowest BCUT2D eigenvalue weighted by Gasteiger charge is -2.35. The summed E-state index contributed by atoms with van der Waals surface area (Å²) in [7, 11) is 0. The number of aromatic nitrogens is 1. The number of rotatable bonds is 7. The van der Waals surface area contributed by atoms with E-state index in [0.29, 0.717) is 31.3 Å². The van der Waals surface area contributed by atoms with E-state index in [0.717, 1.165) is 42.5 Å². The Labute approximate surface area is 163 Å². The first kappa shape index (κ1) is 21.3. The zero-order chi connectivity index (χ0) is 20.0. The van der Waals surface area contributed by atoms with E-state index in [1.165, 1.54) is 6.42 Å². The van der Waals surface area contributed by atoms with E-state index in [2.05, 4.69) is 24.1 Å². The number of nitrogens with zero attached hydrogens (tertiary/aromatic N) is 1. The first-order chi connectivity index (χ1) is 12.8. The molecule has 0 saturated heterocycles. The first-order valence-electron chi connectivity index (χ1n) is 10.2. The summed E-state index contributed by atoms with van der Waals surface area (Å²) in [4.78, 5) is 30.2. The lowest BCUT2D eigenvalue weighted by Crippen LogP contribution is -2.47. The van der Waals surface area contributed by atoms with Crippen molar-refractivity contribution in [2.24, 2.45) is 5.92 Å². The minimum atomic E-state index is -0.335. The largest absolute Gasteiger partial charge is 0.461 e. The molecule has 2 amide bonds. The van der Waals surface area contributed by atoms with Crippen LogP contribution in [0.25, 0.3) is 0 Å². The van der Waals surface area contributed by atoms with Gasteiger partial charge >= 0.3 is 12.0 Å². The Morgan fingerprint density at radius 1 is 1.22 bits per heavy atom. The second-order valence-electron chi connectivity index (χ2n) is 7.95. The smallest absolute Gasteiger partial charge is 0.355 e. The number of hydrogen-bond acceptors (Lipinski definition) is 3. The summed E-state index contributed by atoms with van der Waals surface area (Å²) in [6.07, 6.45) is 5.66. The van der Waals surface area contributed by atoms with Crippen LogP contribution in [0.5, 0.6) is 0 Å². The summed E-state index contributed by atoms with van der Waals surface area (Å²) < 4.78 is 5.15. The van der Waals surface area contributed by atoms with Gasteiger partial charge in [-0.2, -0.15) is 0 Å². The average molecular weight is 378 g/mol. The van der Waals surface area contributed by atoms with Crippen molar-refractivity contribution in [3.8, 4) is 0 Å². The van der Waals surface area contributed by atoms with Crippen LogP contribution < -0.4 is 5.32 Å². The van der Waals surface area contributed by atoms with Gasteiger partial charge in [0, 0.05) is 24.8 Å². The Morgan fingerprint density at radius 3 is 2.48 bits per heavy atom. The highest BCUT2D eigenvalue weighted by atomic mass is 16.5. The van der Waals surface area contributed by atoms with Crippen LogP contribution in [0.15, 0.2) is 0 Å². The van der Waals surface area contributed by atoms with E-state index in [4.69, 9.17) is 4.74 Å². The minimum Gasteiger partial charge on any atom is -0.461 e. The molecule has 0 atom stereocenters. The molecule has 1 aromatic rings. The fraction of sp³-hybridized carbons (Fsp3) is 0.714. The minimum absolute atomic E-state index is 0.00622. The number of aromatic amines is 1. The second-order valence-corrected chi connectivity index (χ2v) is 7.95. The summed E-state index contributed by atoms with van der Waals surface area (Å²) in [5.74, 6) is 0.0751. The quantitative estimate of drug-likeness (QED) is 0.695. The maximum atomic E-state index is 12.9. The van der Waals surface area contributed by atoms with Gasteiger partial charge in [0.25, 0.3) is 0 Å². The van der Waals surface area contributed by atoms with Crippen LogP contribution in [0.4, 0.5) is 4.79 Å². The number of hydrogen-bond donors (Lipinski definition) is 2. The van der Waals surface area contributed by atoms with Crippen molar-refractivity contribution in [1.29, 1.82) is 0 Å². The number of ether oxygens (including phenoxy) is 1. The molecule has 6 nitrogen and oxygen atoms in total. The molecule has 0 bridgehead atoms. The Balaban J connectivity index is 2.23. The molecule has 1 heterocycles. The number of nitrogens with one attached hydrogen (secondary N) is 2. The molecule has 1 fully saturated rings. The molecule has 1 aliphatic rings. The summed E-state index contributed by atoms with van der Waals surface area (Å²) in [5, 5.41) is 3.07. The van der Waals surface area contributed by atoms with Gasteiger partial charge in [-0.25, -0.2) is 9.59 Å². The fourth-order valence-corrected chi connectivity index (χ4v) is 3.76. The van der Waals surface area contributed by atoms with Crippen molar-refractivity contribution in [2.75, 3.05) is 13.2 Å². The van der Waals surface area contributed by atoms with Crippen molar-refractivity contribution in [3.05, 3.63) is 22.5 Å². The molecule has 2 rings (SSSR count). The van der Waals surface area contributed by atoms with Crippen molar-refractivity contribution in [1.82, 2.24) is 15.2 Å². The zero-order valence-corrected chi connectivity index (χ0v) is 17.5. The van der Waals surface area contributed by atoms with Crippen molar-refractivity contribution in [2.45, 2.75) is 79.3 Å². The molecular formula is C21H35N3O3. The monoisotopic (exact) mass is 377 g/mol. The van der Waals surface area contributed by atoms with Crippen LogP contribution in [-0.4, -0.2) is 41.1 Å². The molecule has 0 aromatic carbocycles. The SMILES string of the molecule is CCOC(=O)c1[nH]c(C)c(CN(C(=O)NCC(C)C)C2CCCCC2)c1C. The number of H-pyrrole nitrogens is 1. The number of esters is 1. The Kier molecular flexibility index (Phi) is 7.75. The third-order valence-corrected chi connectivity index (χ3v) is 5.34. The van der Waals surface area contributed by atoms with Crippen LogP contribution in [0.2, 0.25) is 0 Å². The molecule has 152 valence electrons. The summed E-state index contributed by atoms with van der Waals surface area (Å²) in [6, 6.07) is 0.249. The van der Waals surface area contributed by atoms with Gasteiger partial charge < -0.3 is 19.9 Å². The third kappa shape index (κ3) is 5.50. The first-order valence-corrected chi connectivity index (χ1v) is 10.2. The molecule has 0 spiro atoms. The average Bonchev–Trinajstić information content (AvgIpc) is 2.92. The van der Waals surface area contributed by atoms with Gasteiger partial charge in [0.2, 0.25) is 0 Å². The van der Waals surface area contributed by atoms with Gasteiger partial charge in [-0.15, -0.1) is 0 Å². The molecule has 0 radical (unpaired) electrons. The molecule has 1 aromatic heterocycles. The molecule has 6 heteroatoms. The summed E-state index contributed by atoms with van der Waals surface area (Å²) >= 11 is 0. The van der Waals surface area contributed by atoms with Gasteiger partial charge in [-0.3, -0.25) is 0 Å². The summed E-state index contributed by atoms with van der Waals surface area (Å²) in [6.45, 7) is 11.4. The van der Waals surface area contributed by atoms with Gasteiger partial charge in [0.1, 0.15) is 5.69 Å². The highest BCUT2D eigenvalue weighted by molar-refractivity contribution is 5.89. The molecule has 0 unspecified atom stereocenters. The Bertz CT molecular complexity index is 645. The van der Waals surface area contributed by atoms with E-state index < -0.39 is 0 Å². The summed E-state index contributed by atoms with van der Waals surface area (Å²) in [5.41, 5.74) is 3.32. The standard InChI is InChI=1S/C21H35N3O3/c1-6-27-20(25)19-15(4)18(16(5)23-19)13-24(17-10-8-7-9-11-17)21(26)22-12-14(2)3/h14,17,23H,6-13H2,1-5H3,(H,22,26). The maximum Gasteiger partial charge on any atom is 0.355 e. The van der Waals surface area contributed by atoms with E-state index in [9.17, 15) is 9.59 Å². The maximum absolute atomic E-state index is 12.9. The number of aryl methyl sites for hydroxylation is 1. The van der Waals surface area contributed by atoms with Gasteiger partial charge in [0.15, 0.2) is 0 Å². The van der Waals surface area contributed by atoms with Crippen LogP contribution >= 0.6 is 0 Å². The number of urea groups is 1. The van der Waals surface area contributed by atoms with Gasteiger partial charge in [-0.1, -0.05) is 33.1 Å². The normalized spacial score (nSPS) is 15.0. The van der Waals surface area contributed by atoms with E-state index in [-0.39, 0.29) is 18.0 Å². The second kappa shape index (κ2) is 9.81. The predicted octanol–water partition coefficient (Wildman–Crippen LogP) is 4.31. The number of amides is 2.